The summed E-state index contributed by atoms with van der Waals surface area (Å²) in [5.41, 5.74) is 0. The van der Waals surface area contributed by atoms with Gasteiger partial charge in [-0.15, -0.1) is 0 Å². The molecule has 0 aliphatic carbocycles. The number of carbonyl (C=O) groups excluding carboxylic acids is 3. The monoisotopic (exact) mass is 969 g/mol. The molecular formula is C64H104O6. The van der Waals surface area contributed by atoms with Gasteiger partial charge in [0.25, 0.3) is 0 Å². The van der Waals surface area contributed by atoms with Gasteiger partial charge in [-0.1, -0.05) is 239 Å². The standard InChI is InChI=1S/C64H104O6/c1-4-7-10-13-16-19-21-23-25-27-29-31-32-34-35-37-39-41-43-45-48-51-54-57-63(66)69-60-61(59-68-62(65)56-53-50-47-18-15-12-9-6-3)70-64(67)58-55-52-49-46-44-42-40-38-36-33-30-28-26-24-22-20-17-14-11-8-5-2/h7-8,10-11,16-17,19-20,23-26,29-31,33-35,39,41,61H,4-6,9,12-15,18,21-22,27-28,32,36-38,40,42-60H2,1-3H3/b10-7-,11-8-,19-16-,20-17-,25-23-,26-24-,31-29-,33-30-,35-34-,41-39-. The quantitative estimate of drug-likeness (QED) is 0.0262. The molecule has 0 N–H and O–H groups in total. The van der Waals surface area contributed by atoms with Gasteiger partial charge in [-0.25, -0.2) is 0 Å². The fourth-order valence-electron chi connectivity index (χ4n) is 7.49. The average molecular weight is 970 g/mol. The van der Waals surface area contributed by atoms with Crippen LogP contribution in [0.15, 0.2) is 122 Å². The summed E-state index contributed by atoms with van der Waals surface area (Å²) in [6.45, 7) is 6.35. The number of ether oxygens (including phenoxy) is 3. The molecule has 0 bridgehead atoms. The summed E-state index contributed by atoms with van der Waals surface area (Å²) in [7, 11) is 0. The molecule has 0 radical (unpaired) electrons. The van der Waals surface area contributed by atoms with Crippen molar-refractivity contribution in [2.75, 3.05) is 13.2 Å². The molecule has 6 heteroatoms. The first-order valence-electron chi connectivity index (χ1n) is 28.5. The Morgan fingerprint density at radius 3 is 0.871 bits per heavy atom. The lowest BCUT2D eigenvalue weighted by atomic mass is 10.1. The van der Waals surface area contributed by atoms with Gasteiger partial charge in [-0.2, -0.15) is 0 Å². The van der Waals surface area contributed by atoms with Crippen LogP contribution in [0.4, 0.5) is 0 Å². The number of hydrogen-bond acceptors (Lipinski definition) is 6. The van der Waals surface area contributed by atoms with E-state index in [-0.39, 0.29) is 31.1 Å². The van der Waals surface area contributed by atoms with Crippen LogP contribution in [0.3, 0.4) is 0 Å². The lowest BCUT2D eigenvalue weighted by Gasteiger charge is -2.18. The molecule has 0 fully saturated rings. The summed E-state index contributed by atoms with van der Waals surface area (Å²) in [5.74, 6) is -0.932. The molecule has 0 aromatic carbocycles. The Hall–Kier alpha value is -4.19. The van der Waals surface area contributed by atoms with Gasteiger partial charge in [0, 0.05) is 19.3 Å². The van der Waals surface area contributed by atoms with Crippen molar-refractivity contribution in [3.63, 3.8) is 0 Å². The van der Waals surface area contributed by atoms with Crippen LogP contribution in [0.2, 0.25) is 0 Å². The Kier molecular flexibility index (Phi) is 54.0. The molecule has 0 aliphatic heterocycles. The third kappa shape index (κ3) is 54.7. The molecule has 0 rings (SSSR count). The molecule has 0 aliphatic rings. The zero-order chi connectivity index (χ0) is 50.7. The second kappa shape index (κ2) is 57.4. The van der Waals surface area contributed by atoms with Gasteiger partial charge in [0.2, 0.25) is 0 Å². The molecule has 0 amide bonds. The average Bonchev–Trinajstić information content (AvgIpc) is 3.36. The van der Waals surface area contributed by atoms with Crippen LogP contribution in [0.5, 0.6) is 0 Å². The minimum absolute atomic E-state index is 0.0915. The number of esters is 3. The van der Waals surface area contributed by atoms with Crippen molar-refractivity contribution < 1.29 is 28.6 Å². The van der Waals surface area contributed by atoms with Crippen LogP contribution in [0, 0.1) is 0 Å². The van der Waals surface area contributed by atoms with E-state index in [4.69, 9.17) is 14.2 Å². The van der Waals surface area contributed by atoms with Crippen molar-refractivity contribution in [2.45, 2.75) is 252 Å². The number of carbonyl (C=O) groups is 3. The summed E-state index contributed by atoms with van der Waals surface area (Å²) in [6.07, 6.45) is 79.1. The number of hydrogen-bond donors (Lipinski definition) is 0. The highest BCUT2D eigenvalue weighted by molar-refractivity contribution is 5.71. The number of rotatable bonds is 50. The van der Waals surface area contributed by atoms with Gasteiger partial charge in [0.05, 0.1) is 0 Å². The maximum atomic E-state index is 12.8. The first kappa shape index (κ1) is 65.8. The fourth-order valence-corrected chi connectivity index (χ4v) is 7.49. The SMILES string of the molecule is CC/C=C\C/C=C\C/C=C\C/C=C\C/C=C\C/C=C\CCCCCCC(=O)OCC(COC(=O)CCCCCCCCCC)OC(=O)CCCCCCCCCC/C=C\C/C=C\C/C=C\C/C=C\CC. The van der Waals surface area contributed by atoms with Gasteiger partial charge < -0.3 is 14.2 Å². The lowest BCUT2D eigenvalue weighted by Crippen LogP contribution is -2.30. The lowest BCUT2D eigenvalue weighted by molar-refractivity contribution is -0.167. The highest BCUT2D eigenvalue weighted by Gasteiger charge is 2.19. The fraction of sp³-hybridized carbons (Fsp3) is 0.641. The minimum Gasteiger partial charge on any atom is -0.462 e. The highest BCUT2D eigenvalue weighted by atomic mass is 16.6. The van der Waals surface area contributed by atoms with Crippen LogP contribution < -0.4 is 0 Å². The van der Waals surface area contributed by atoms with Crippen molar-refractivity contribution >= 4 is 17.9 Å². The molecule has 396 valence electrons. The predicted octanol–water partition coefficient (Wildman–Crippen LogP) is 19.3. The largest absolute Gasteiger partial charge is 0.462 e. The third-order valence-corrected chi connectivity index (χ3v) is 11.7. The summed E-state index contributed by atoms with van der Waals surface area (Å²) in [4.78, 5) is 38.0. The molecule has 0 saturated carbocycles. The first-order valence-corrected chi connectivity index (χ1v) is 28.5. The van der Waals surface area contributed by atoms with Crippen molar-refractivity contribution in [1.29, 1.82) is 0 Å². The molecule has 0 aromatic heterocycles. The van der Waals surface area contributed by atoms with Crippen LogP contribution in [0.1, 0.15) is 245 Å². The van der Waals surface area contributed by atoms with Crippen molar-refractivity contribution in [2.24, 2.45) is 0 Å². The maximum Gasteiger partial charge on any atom is 0.306 e. The van der Waals surface area contributed by atoms with E-state index in [9.17, 15) is 14.4 Å². The molecule has 1 atom stereocenters. The second-order valence-corrected chi connectivity index (χ2v) is 18.4. The summed E-state index contributed by atoms with van der Waals surface area (Å²) < 4.78 is 16.8. The van der Waals surface area contributed by atoms with E-state index >= 15 is 0 Å². The smallest absolute Gasteiger partial charge is 0.306 e. The third-order valence-electron chi connectivity index (χ3n) is 11.7. The van der Waals surface area contributed by atoms with E-state index in [0.717, 1.165) is 141 Å². The Labute approximate surface area is 431 Å². The molecule has 0 saturated heterocycles. The Morgan fingerprint density at radius 1 is 0.300 bits per heavy atom. The van der Waals surface area contributed by atoms with E-state index in [0.29, 0.717) is 19.3 Å². The second-order valence-electron chi connectivity index (χ2n) is 18.4. The van der Waals surface area contributed by atoms with E-state index in [2.05, 4.69) is 142 Å². The summed E-state index contributed by atoms with van der Waals surface area (Å²) in [6, 6.07) is 0. The predicted molar refractivity (Wildman–Crippen MR) is 302 cm³/mol. The molecule has 0 spiro atoms. The Morgan fingerprint density at radius 2 is 0.557 bits per heavy atom. The summed E-state index contributed by atoms with van der Waals surface area (Å²) >= 11 is 0. The summed E-state index contributed by atoms with van der Waals surface area (Å²) in [5, 5.41) is 0. The van der Waals surface area contributed by atoms with Crippen LogP contribution >= 0.6 is 0 Å². The van der Waals surface area contributed by atoms with Gasteiger partial charge in [0.15, 0.2) is 6.10 Å². The zero-order valence-corrected chi connectivity index (χ0v) is 45.2. The Balaban J connectivity index is 4.34. The molecule has 1 unspecified atom stereocenters. The van der Waals surface area contributed by atoms with Crippen molar-refractivity contribution in [3.8, 4) is 0 Å². The molecule has 70 heavy (non-hydrogen) atoms. The first-order chi connectivity index (χ1) is 34.5. The van der Waals surface area contributed by atoms with Gasteiger partial charge in [0.1, 0.15) is 13.2 Å². The van der Waals surface area contributed by atoms with Crippen LogP contribution in [-0.2, 0) is 28.6 Å². The van der Waals surface area contributed by atoms with E-state index in [1.54, 1.807) is 0 Å². The van der Waals surface area contributed by atoms with Crippen molar-refractivity contribution in [1.82, 2.24) is 0 Å². The van der Waals surface area contributed by atoms with Gasteiger partial charge in [-0.05, 0) is 109 Å². The maximum absolute atomic E-state index is 12.8. The van der Waals surface area contributed by atoms with E-state index in [1.807, 2.05) is 0 Å². The highest BCUT2D eigenvalue weighted by Crippen LogP contribution is 2.14. The van der Waals surface area contributed by atoms with Gasteiger partial charge >= 0.3 is 17.9 Å². The van der Waals surface area contributed by atoms with Crippen molar-refractivity contribution in [3.05, 3.63) is 122 Å². The van der Waals surface area contributed by atoms with Gasteiger partial charge in [-0.3, -0.25) is 14.4 Å². The number of unbranched alkanes of at least 4 members (excludes halogenated alkanes) is 19. The minimum atomic E-state index is -0.794. The van der Waals surface area contributed by atoms with Crippen LogP contribution in [0.25, 0.3) is 0 Å². The zero-order valence-electron chi connectivity index (χ0n) is 45.2. The normalized spacial score (nSPS) is 13.0. The molecule has 0 heterocycles. The van der Waals surface area contributed by atoms with E-state index < -0.39 is 6.10 Å². The molecular weight excluding hydrogens is 865 g/mol. The molecule has 6 nitrogen and oxygen atoms in total. The topological polar surface area (TPSA) is 78.9 Å². The molecule has 0 aromatic rings. The Bertz CT molecular complexity index is 1490. The van der Waals surface area contributed by atoms with Crippen LogP contribution in [-0.4, -0.2) is 37.2 Å². The van der Waals surface area contributed by atoms with E-state index in [1.165, 1.54) is 64.2 Å². The number of allylic oxidation sites excluding steroid dienone is 20.